The molecule has 234 valence electrons. The summed E-state index contributed by atoms with van der Waals surface area (Å²) in [5.41, 5.74) is 7.28. The van der Waals surface area contributed by atoms with Gasteiger partial charge in [0.05, 0.1) is 12.1 Å². The van der Waals surface area contributed by atoms with E-state index in [2.05, 4.69) is 52.6 Å². The van der Waals surface area contributed by atoms with Gasteiger partial charge in [0.1, 0.15) is 12.3 Å². The van der Waals surface area contributed by atoms with E-state index in [9.17, 15) is 9.59 Å². The van der Waals surface area contributed by atoms with Gasteiger partial charge < -0.3 is 25.0 Å². The Bertz CT molecular complexity index is 1650. The number of rotatable bonds is 6. The molecule has 2 N–H and O–H groups in total. The molecule has 0 radical (unpaired) electrons. The van der Waals surface area contributed by atoms with Crippen LogP contribution in [0.4, 0.5) is 11.4 Å². The minimum absolute atomic E-state index is 0.0406. The molecular formula is C37H42N4O4. The Balaban J connectivity index is 0.000000845. The number of methoxy groups -OCH3 is 1. The summed E-state index contributed by atoms with van der Waals surface area (Å²) in [4.78, 5) is 30.6. The number of ketones is 1. The van der Waals surface area contributed by atoms with Crippen LogP contribution in [0.15, 0.2) is 85.6 Å². The van der Waals surface area contributed by atoms with Gasteiger partial charge in [0.2, 0.25) is 0 Å². The summed E-state index contributed by atoms with van der Waals surface area (Å²) in [5, 5.41) is 6.77. The average Bonchev–Trinajstić information content (AvgIpc) is 3.59. The molecular weight excluding hydrogens is 564 g/mol. The fraction of sp³-hybridized carbons (Fsp3) is 0.351. The van der Waals surface area contributed by atoms with E-state index in [-0.39, 0.29) is 24.3 Å². The smallest absolute Gasteiger partial charge is 0.252 e. The van der Waals surface area contributed by atoms with Crippen LogP contribution < -0.4 is 15.5 Å². The van der Waals surface area contributed by atoms with Crippen molar-refractivity contribution in [2.75, 3.05) is 30.9 Å². The second-order valence-corrected chi connectivity index (χ2v) is 12.3. The molecule has 4 heterocycles. The number of benzene rings is 3. The number of allylic oxidation sites excluding steroid dienone is 2. The molecule has 7 rings (SSSR count). The SMILES string of the molecule is C=C1Cc2c3cc(c4c2C(=O)NC4)-c2ccccc2N[C@@]2(C)O[C@H](CC(N(C)CC(=O)c4ccccc4)C2OC)N13.C=CCC. The number of amides is 1. The Morgan fingerprint density at radius 3 is 2.58 bits per heavy atom. The predicted octanol–water partition coefficient (Wildman–Crippen LogP) is 6.14. The molecule has 8 nitrogen and oxygen atoms in total. The maximum Gasteiger partial charge on any atom is 0.252 e. The van der Waals surface area contributed by atoms with Gasteiger partial charge in [-0.3, -0.25) is 14.5 Å². The number of carbonyl (C=O) groups is 2. The first-order valence-corrected chi connectivity index (χ1v) is 15.6. The predicted molar refractivity (Wildman–Crippen MR) is 178 cm³/mol. The van der Waals surface area contributed by atoms with E-state index >= 15 is 0 Å². The largest absolute Gasteiger partial charge is 0.375 e. The van der Waals surface area contributed by atoms with Crippen molar-refractivity contribution in [1.82, 2.24) is 10.2 Å². The van der Waals surface area contributed by atoms with Crippen molar-refractivity contribution in [2.45, 2.75) is 63.8 Å². The van der Waals surface area contributed by atoms with Gasteiger partial charge in [-0.25, -0.2) is 0 Å². The van der Waals surface area contributed by atoms with E-state index in [0.29, 0.717) is 24.9 Å². The zero-order valence-electron chi connectivity index (χ0n) is 26.6. The van der Waals surface area contributed by atoms with Crippen molar-refractivity contribution in [3.05, 3.63) is 108 Å². The van der Waals surface area contributed by atoms with Crippen molar-refractivity contribution in [1.29, 1.82) is 0 Å². The first-order chi connectivity index (χ1) is 21.7. The molecule has 4 atom stereocenters. The van der Waals surface area contributed by atoms with Crippen LogP contribution in [0, 0.1) is 0 Å². The van der Waals surface area contributed by atoms with Gasteiger partial charge in [0.15, 0.2) is 11.5 Å². The van der Waals surface area contributed by atoms with E-state index in [1.165, 1.54) is 0 Å². The number of anilines is 2. The average molecular weight is 607 g/mol. The standard InChI is InChI=1S/C33H34N4O4.C4H8/c1-19-14-23-26-15-22(24-17-34-32(39)30(23)24)21-12-8-9-13-25(21)35-33(2)31(40-4)27(16-29(41-33)37(19)26)36(3)18-28(38)20-10-6-5-7-11-20;1-3-4-2/h5-13,15,27,29,31,35H,1,14,16-18H2,2-4H3,(H,34,39);3H,1,4H2,2H3/t27?,29-,31?,33+;/m1./s1. The maximum absolute atomic E-state index is 13.3. The number of fused-ring (bicyclic) bond motifs is 9. The molecule has 0 aromatic heterocycles. The number of hydrogen-bond acceptors (Lipinski definition) is 7. The first-order valence-electron chi connectivity index (χ1n) is 15.6. The molecule has 0 aliphatic carbocycles. The lowest BCUT2D eigenvalue weighted by atomic mass is 9.88. The monoisotopic (exact) mass is 606 g/mol. The summed E-state index contributed by atoms with van der Waals surface area (Å²) in [5.74, 6) is 0.00963. The normalized spacial score (nSPS) is 24.1. The quantitative estimate of drug-likeness (QED) is 0.258. The van der Waals surface area contributed by atoms with Crippen LogP contribution in [0.5, 0.6) is 0 Å². The third kappa shape index (κ3) is 5.37. The first kappa shape index (κ1) is 30.8. The van der Waals surface area contributed by atoms with Crippen LogP contribution in [-0.4, -0.2) is 61.4 Å². The van der Waals surface area contributed by atoms with Gasteiger partial charge in [-0.05, 0) is 49.2 Å². The number of nitrogens with zero attached hydrogens (tertiary/aromatic N) is 2. The van der Waals surface area contributed by atoms with E-state index in [4.69, 9.17) is 9.47 Å². The Morgan fingerprint density at radius 2 is 1.87 bits per heavy atom. The minimum Gasteiger partial charge on any atom is -0.375 e. The zero-order valence-corrected chi connectivity index (χ0v) is 26.6. The minimum atomic E-state index is -0.945. The summed E-state index contributed by atoms with van der Waals surface area (Å²) in [6.07, 6.45) is 3.32. The topological polar surface area (TPSA) is 83.1 Å². The third-order valence-electron chi connectivity index (χ3n) is 9.35. The molecule has 8 heteroatoms. The van der Waals surface area contributed by atoms with Crippen LogP contribution in [-0.2, 0) is 22.4 Å². The molecule has 4 bridgehead atoms. The van der Waals surface area contributed by atoms with Gasteiger partial charge in [0.25, 0.3) is 5.91 Å². The summed E-state index contributed by atoms with van der Waals surface area (Å²) in [7, 11) is 3.67. The number of likely N-dealkylation sites (N-methyl/N-ethyl adjacent to an activating group) is 1. The molecule has 1 fully saturated rings. The van der Waals surface area contributed by atoms with Crippen molar-refractivity contribution in [3.8, 4) is 11.1 Å². The second-order valence-electron chi connectivity index (χ2n) is 12.3. The number of para-hydroxylation sites is 1. The molecule has 0 spiro atoms. The van der Waals surface area contributed by atoms with Crippen LogP contribution in [0.3, 0.4) is 0 Å². The second kappa shape index (κ2) is 12.3. The van der Waals surface area contributed by atoms with Gasteiger partial charge >= 0.3 is 0 Å². The number of Topliss-reactive ketones (excluding diaryl/α,β-unsaturated/α-hetero) is 1. The van der Waals surface area contributed by atoms with Gasteiger partial charge in [-0.2, -0.15) is 0 Å². The highest BCUT2D eigenvalue weighted by molar-refractivity contribution is 6.05. The lowest BCUT2D eigenvalue weighted by molar-refractivity contribution is -0.199. The Labute approximate surface area is 265 Å². The van der Waals surface area contributed by atoms with Crippen LogP contribution in [0.2, 0.25) is 0 Å². The number of hydrogen-bond donors (Lipinski definition) is 2. The third-order valence-corrected chi connectivity index (χ3v) is 9.35. The lowest BCUT2D eigenvalue weighted by Crippen LogP contribution is -2.67. The maximum atomic E-state index is 13.3. The molecule has 3 aromatic carbocycles. The summed E-state index contributed by atoms with van der Waals surface area (Å²) < 4.78 is 13.1. The molecule has 0 saturated carbocycles. The molecule has 1 saturated heterocycles. The molecule has 1 amide bonds. The summed E-state index contributed by atoms with van der Waals surface area (Å²) in [6, 6.07) is 19.5. The molecule has 4 aliphatic rings. The van der Waals surface area contributed by atoms with Crippen LogP contribution in [0.1, 0.15) is 58.5 Å². The van der Waals surface area contributed by atoms with Crippen LogP contribution >= 0.6 is 0 Å². The van der Waals surface area contributed by atoms with Crippen molar-refractivity contribution >= 4 is 23.1 Å². The Kier molecular flexibility index (Phi) is 8.39. The fourth-order valence-electron chi connectivity index (χ4n) is 7.22. The molecule has 3 aromatic rings. The van der Waals surface area contributed by atoms with E-state index in [0.717, 1.165) is 51.3 Å². The number of carbonyl (C=O) groups excluding carboxylic acids is 2. The zero-order chi connectivity index (χ0) is 31.9. The highest BCUT2D eigenvalue weighted by atomic mass is 16.6. The molecule has 2 unspecified atom stereocenters. The van der Waals surface area contributed by atoms with Gasteiger partial charge in [-0.15, -0.1) is 6.58 Å². The lowest BCUT2D eigenvalue weighted by Gasteiger charge is -2.53. The fourth-order valence-corrected chi connectivity index (χ4v) is 7.22. The van der Waals surface area contributed by atoms with Gasteiger partial charge in [0, 0.05) is 60.7 Å². The van der Waals surface area contributed by atoms with Crippen molar-refractivity contribution in [3.63, 3.8) is 0 Å². The summed E-state index contributed by atoms with van der Waals surface area (Å²) >= 11 is 0. The highest BCUT2D eigenvalue weighted by Crippen LogP contribution is 2.49. The van der Waals surface area contributed by atoms with Crippen molar-refractivity contribution < 1.29 is 19.1 Å². The van der Waals surface area contributed by atoms with Crippen molar-refractivity contribution in [2.24, 2.45) is 0 Å². The summed E-state index contributed by atoms with van der Waals surface area (Å²) in [6.45, 7) is 12.7. The number of nitrogens with one attached hydrogen (secondary N) is 2. The highest BCUT2D eigenvalue weighted by Gasteiger charge is 2.53. The van der Waals surface area contributed by atoms with Crippen LogP contribution in [0.25, 0.3) is 11.1 Å². The van der Waals surface area contributed by atoms with E-state index < -0.39 is 18.1 Å². The Hall–Kier alpha value is -4.24. The van der Waals surface area contributed by atoms with E-state index in [1.807, 2.05) is 68.6 Å². The molecule has 4 aliphatic heterocycles. The van der Waals surface area contributed by atoms with E-state index in [1.54, 1.807) is 7.11 Å². The number of ether oxygens (including phenoxy) is 2. The molecule has 45 heavy (non-hydrogen) atoms. The Morgan fingerprint density at radius 1 is 1.16 bits per heavy atom. The van der Waals surface area contributed by atoms with Gasteiger partial charge in [-0.1, -0.05) is 68.1 Å².